The van der Waals surface area contributed by atoms with E-state index in [0.717, 1.165) is 47.4 Å². The van der Waals surface area contributed by atoms with E-state index in [4.69, 9.17) is 4.98 Å². The van der Waals surface area contributed by atoms with E-state index in [9.17, 15) is 13.6 Å². The summed E-state index contributed by atoms with van der Waals surface area (Å²) in [4.78, 5) is 20.3. The van der Waals surface area contributed by atoms with Gasteiger partial charge in [-0.05, 0) is 31.9 Å². The third-order valence-electron chi connectivity index (χ3n) is 5.10. The van der Waals surface area contributed by atoms with E-state index in [1.165, 1.54) is 0 Å². The van der Waals surface area contributed by atoms with Gasteiger partial charge in [-0.3, -0.25) is 9.20 Å². The number of thiazole rings is 1. The molecule has 0 spiro atoms. The predicted octanol–water partition coefficient (Wildman–Crippen LogP) is 4.18. The highest BCUT2D eigenvalue weighted by Gasteiger charge is 2.38. The molecule has 1 aliphatic heterocycles. The first-order valence-electron chi connectivity index (χ1n) is 8.55. The van der Waals surface area contributed by atoms with Crippen LogP contribution in [0.1, 0.15) is 41.6 Å². The summed E-state index contributed by atoms with van der Waals surface area (Å²) in [6, 6.07) is 2.96. The number of imidazole rings is 1. The molecule has 0 unspecified atom stereocenters. The summed E-state index contributed by atoms with van der Waals surface area (Å²) in [5.41, 5.74) is 0.756. The van der Waals surface area contributed by atoms with Gasteiger partial charge in [0.25, 0.3) is 5.91 Å². The molecule has 0 aliphatic carbocycles. The van der Waals surface area contributed by atoms with Crippen LogP contribution >= 0.6 is 11.3 Å². The smallest absolute Gasteiger partial charge is 0.254 e. The fourth-order valence-electron chi connectivity index (χ4n) is 3.83. The number of aryl methyl sites for hydroxylation is 1. The van der Waals surface area contributed by atoms with Gasteiger partial charge in [-0.15, -0.1) is 11.3 Å². The highest BCUT2D eigenvalue weighted by Crippen LogP contribution is 2.37. The van der Waals surface area contributed by atoms with Crippen molar-refractivity contribution in [3.05, 3.63) is 58.5 Å². The third kappa shape index (κ3) is 2.80. The number of carbonyl (C=O) groups excluding carboxylic acids is 1. The first-order chi connectivity index (χ1) is 12.4. The minimum Gasteiger partial charge on any atom is -0.338 e. The van der Waals surface area contributed by atoms with Gasteiger partial charge in [0.05, 0.1) is 5.69 Å². The van der Waals surface area contributed by atoms with Crippen molar-refractivity contribution in [2.24, 2.45) is 0 Å². The van der Waals surface area contributed by atoms with E-state index in [0.29, 0.717) is 13.1 Å². The van der Waals surface area contributed by atoms with Crippen molar-refractivity contribution in [1.29, 1.82) is 0 Å². The number of piperidine rings is 1. The molecule has 0 radical (unpaired) electrons. The SMILES string of the molecule is Cc1nc([C@]2(C)CCCN(C(=O)c3cc(F)cc(F)c3)C2)c2sccn12. The van der Waals surface area contributed by atoms with Gasteiger partial charge in [0.15, 0.2) is 0 Å². The topological polar surface area (TPSA) is 37.6 Å². The molecule has 3 aromatic rings. The Kier molecular flexibility index (Phi) is 4.06. The maximum absolute atomic E-state index is 13.5. The maximum Gasteiger partial charge on any atom is 0.254 e. The van der Waals surface area contributed by atoms with Crippen molar-refractivity contribution < 1.29 is 13.6 Å². The van der Waals surface area contributed by atoms with Gasteiger partial charge < -0.3 is 4.90 Å². The Balaban J connectivity index is 1.66. The molecule has 0 saturated carbocycles. The van der Waals surface area contributed by atoms with Crippen LogP contribution in [0.15, 0.2) is 29.8 Å². The Hall–Kier alpha value is -2.28. The molecule has 136 valence electrons. The van der Waals surface area contributed by atoms with E-state index >= 15 is 0 Å². The molecule has 4 nitrogen and oxygen atoms in total. The molecule has 26 heavy (non-hydrogen) atoms. The number of hydrogen-bond acceptors (Lipinski definition) is 3. The Morgan fingerprint density at radius 2 is 2.00 bits per heavy atom. The zero-order chi connectivity index (χ0) is 18.5. The van der Waals surface area contributed by atoms with Crippen molar-refractivity contribution in [1.82, 2.24) is 14.3 Å². The Labute approximate surface area is 154 Å². The highest BCUT2D eigenvalue weighted by atomic mass is 32.1. The molecular formula is C19H19F2N3OS. The molecule has 0 bridgehead atoms. The number of halogens is 2. The van der Waals surface area contributed by atoms with Gasteiger partial charge in [0.1, 0.15) is 22.3 Å². The van der Waals surface area contributed by atoms with Crippen LogP contribution in [0.5, 0.6) is 0 Å². The van der Waals surface area contributed by atoms with Crippen LogP contribution in [-0.4, -0.2) is 33.3 Å². The van der Waals surface area contributed by atoms with Crippen molar-refractivity contribution >= 4 is 22.1 Å². The summed E-state index contributed by atoms with van der Waals surface area (Å²) in [6.45, 7) is 5.13. The third-order valence-corrected chi connectivity index (χ3v) is 5.97. The number of rotatable bonds is 2. The molecule has 1 fully saturated rings. The van der Waals surface area contributed by atoms with Crippen molar-refractivity contribution in [3.8, 4) is 0 Å². The number of amides is 1. The number of likely N-dealkylation sites (tertiary alicyclic amines) is 1. The quantitative estimate of drug-likeness (QED) is 0.674. The average molecular weight is 375 g/mol. The molecule has 0 N–H and O–H groups in total. The van der Waals surface area contributed by atoms with Crippen molar-refractivity contribution in [2.45, 2.75) is 32.1 Å². The lowest BCUT2D eigenvalue weighted by molar-refractivity contribution is 0.0648. The first-order valence-corrected chi connectivity index (χ1v) is 9.43. The molecule has 4 rings (SSSR count). The van der Waals surface area contributed by atoms with Crippen LogP contribution in [0.2, 0.25) is 0 Å². The van der Waals surface area contributed by atoms with Crippen LogP contribution in [0.4, 0.5) is 8.78 Å². The molecule has 1 aliphatic rings. The van der Waals surface area contributed by atoms with Crippen LogP contribution in [-0.2, 0) is 5.41 Å². The predicted molar refractivity (Wildman–Crippen MR) is 96.7 cm³/mol. The standard InChI is InChI=1S/C19H19F2N3OS/c1-12-22-16(18-24(12)6-7-26-18)19(2)4-3-5-23(11-19)17(25)13-8-14(20)10-15(21)9-13/h6-10H,3-5,11H2,1-2H3/t19-/m1/s1. The van der Waals surface area contributed by atoms with Crippen LogP contribution < -0.4 is 0 Å². The molecule has 1 atom stereocenters. The molecule has 2 aromatic heterocycles. The van der Waals surface area contributed by atoms with E-state index in [-0.39, 0.29) is 16.9 Å². The van der Waals surface area contributed by atoms with Gasteiger partial charge >= 0.3 is 0 Å². The average Bonchev–Trinajstić information content (AvgIpc) is 3.18. The number of fused-ring (bicyclic) bond motifs is 1. The number of hydrogen-bond donors (Lipinski definition) is 0. The summed E-state index contributed by atoms with van der Waals surface area (Å²) in [5.74, 6) is -0.892. The van der Waals surface area contributed by atoms with Crippen LogP contribution in [0.25, 0.3) is 4.83 Å². The number of nitrogens with zero attached hydrogens (tertiary/aromatic N) is 3. The molecule has 7 heteroatoms. The first kappa shape index (κ1) is 17.1. The second-order valence-electron chi connectivity index (χ2n) is 7.13. The Morgan fingerprint density at radius 1 is 1.27 bits per heavy atom. The molecule has 1 aromatic carbocycles. The second-order valence-corrected chi connectivity index (χ2v) is 8.03. The number of carbonyl (C=O) groups is 1. The van der Waals surface area contributed by atoms with Crippen molar-refractivity contribution in [3.63, 3.8) is 0 Å². The highest BCUT2D eigenvalue weighted by molar-refractivity contribution is 7.15. The lowest BCUT2D eigenvalue weighted by Crippen LogP contribution is -2.47. The van der Waals surface area contributed by atoms with Crippen molar-refractivity contribution in [2.75, 3.05) is 13.1 Å². The molecule has 1 saturated heterocycles. The minimum atomic E-state index is -0.738. The fourth-order valence-corrected chi connectivity index (χ4v) is 4.85. The minimum absolute atomic E-state index is 0.0500. The molecule has 1 amide bonds. The largest absolute Gasteiger partial charge is 0.338 e. The van der Waals surface area contributed by atoms with Gasteiger partial charge in [-0.2, -0.15) is 0 Å². The summed E-state index contributed by atoms with van der Waals surface area (Å²) in [6.07, 6.45) is 3.73. The Morgan fingerprint density at radius 3 is 2.73 bits per heavy atom. The lowest BCUT2D eigenvalue weighted by Gasteiger charge is -2.39. The summed E-state index contributed by atoms with van der Waals surface area (Å²) in [5, 5.41) is 2.03. The normalized spacial score (nSPS) is 20.7. The Bertz CT molecular complexity index is 976. The number of benzene rings is 1. The summed E-state index contributed by atoms with van der Waals surface area (Å²) in [7, 11) is 0. The van der Waals surface area contributed by atoms with Gasteiger partial charge in [0, 0.05) is 41.7 Å². The summed E-state index contributed by atoms with van der Waals surface area (Å²) < 4.78 is 29.0. The maximum atomic E-state index is 13.5. The van der Waals surface area contributed by atoms with E-state index in [1.54, 1.807) is 16.2 Å². The van der Waals surface area contributed by atoms with E-state index in [2.05, 4.69) is 11.3 Å². The van der Waals surface area contributed by atoms with Gasteiger partial charge in [-0.25, -0.2) is 13.8 Å². The van der Waals surface area contributed by atoms with Gasteiger partial charge in [0.2, 0.25) is 0 Å². The summed E-state index contributed by atoms with van der Waals surface area (Å²) >= 11 is 1.63. The molecule has 3 heterocycles. The monoisotopic (exact) mass is 375 g/mol. The number of aromatic nitrogens is 2. The fraction of sp³-hybridized carbons (Fsp3) is 0.368. The van der Waals surface area contributed by atoms with E-state index < -0.39 is 11.6 Å². The van der Waals surface area contributed by atoms with E-state index in [1.807, 2.05) is 18.5 Å². The zero-order valence-electron chi connectivity index (χ0n) is 14.6. The second kappa shape index (κ2) is 6.16. The zero-order valence-corrected chi connectivity index (χ0v) is 15.4. The van der Waals surface area contributed by atoms with Crippen LogP contribution in [0, 0.1) is 18.6 Å². The lowest BCUT2D eigenvalue weighted by atomic mass is 9.79. The van der Waals surface area contributed by atoms with Gasteiger partial charge in [-0.1, -0.05) is 6.92 Å². The van der Waals surface area contributed by atoms with Crippen LogP contribution in [0.3, 0.4) is 0 Å². The molecular weight excluding hydrogens is 356 g/mol.